The van der Waals surface area contributed by atoms with E-state index in [1.807, 2.05) is 0 Å². The van der Waals surface area contributed by atoms with Crippen LogP contribution in [-0.4, -0.2) is 25.9 Å². The molecule has 0 fully saturated rings. The third-order valence-corrected chi connectivity index (χ3v) is 3.53. The molecule has 0 aliphatic carbocycles. The van der Waals surface area contributed by atoms with Crippen molar-refractivity contribution in [3.05, 3.63) is 29.3 Å². The minimum absolute atomic E-state index is 0.0000728. The van der Waals surface area contributed by atoms with Gasteiger partial charge in [0.2, 0.25) is 10.0 Å². The maximum atomic E-state index is 11.6. The van der Waals surface area contributed by atoms with E-state index in [-0.39, 0.29) is 12.4 Å². The van der Waals surface area contributed by atoms with Gasteiger partial charge in [0.05, 0.1) is 5.75 Å². The minimum atomic E-state index is -3.34. The molecule has 0 spiro atoms. The van der Waals surface area contributed by atoms with Crippen LogP contribution in [-0.2, 0) is 10.0 Å². The summed E-state index contributed by atoms with van der Waals surface area (Å²) in [5.74, 6) is 0.0000728. The lowest BCUT2D eigenvalue weighted by Gasteiger charge is -2.07. The second kappa shape index (κ2) is 6.08. The predicted octanol–water partition coefficient (Wildman–Crippen LogP) is 1.85. The van der Waals surface area contributed by atoms with Crippen molar-refractivity contribution in [2.45, 2.75) is 12.8 Å². The van der Waals surface area contributed by atoms with E-state index in [1.54, 1.807) is 24.3 Å². The SMILES string of the molecule is O=S(=O)(CCCCO)Nc1cccc(Cl)c1. The maximum Gasteiger partial charge on any atom is 0.232 e. The number of halogens is 1. The van der Waals surface area contributed by atoms with Crippen molar-refractivity contribution >= 4 is 27.3 Å². The summed E-state index contributed by atoms with van der Waals surface area (Å²) in [5.41, 5.74) is 0.455. The van der Waals surface area contributed by atoms with Crippen LogP contribution in [0.25, 0.3) is 0 Å². The van der Waals surface area contributed by atoms with Crippen LogP contribution in [0, 0.1) is 0 Å². The normalized spacial score (nSPS) is 11.4. The van der Waals surface area contributed by atoms with Crippen LogP contribution in [0.4, 0.5) is 5.69 Å². The van der Waals surface area contributed by atoms with Gasteiger partial charge in [0.25, 0.3) is 0 Å². The van der Waals surface area contributed by atoms with E-state index in [0.29, 0.717) is 23.6 Å². The summed E-state index contributed by atoms with van der Waals surface area (Å²) in [6, 6.07) is 6.53. The Morgan fingerprint density at radius 3 is 2.69 bits per heavy atom. The van der Waals surface area contributed by atoms with Crippen LogP contribution in [0.5, 0.6) is 0 Å². The van der Waals surface area contributed by atoms with Gasteiger partial charge in [-0.25, -0.2) is 8.42 Å². The zero-order valence-electron chi connectivity index (χ0n) is 8.69. The average Bonchev–Trinajstić information content (AvgIpc) is 2.17. The topological polar surface area (TPSA) is 66.4 Å². The van der Waals surface area contributed by atoms with Gasteiger partial charge in [0.15, 0.2) is 0 Å². The number of unbranched alkanes of at least 4 members (excludes halogenated alkanes) is 1. The van der Waals surface area contributed by atoms with E-state index in [4.69, 9.17) is 16.7 Å². The van der Waals surface area contributed by atoms with Gasteiger partial charge < -0.3 is 5.11 Å². The van der Waals surface area contributed by atoms with Gasteiger partial charge in [-0.3, -0.25) is 4.72 Å². The molecule has 0 amide bonds. The van der Waals surface area contributed by atoms with Crippen molar-refractivity contribution in [3.8, 4) is 0 Å². The number of hydrogen-bond donors (Lipinski definition) is 2. The third kappa shape index (κ3) is 4.83. The van der Waals surface area contributed by atoms with E-state index >= 15 is 0 Å². The first-order chi connectivity index (χ1) is 7.53. The molecule has 0 saturated carbocycles. The van der Waals surface area contributed by atoms with Gasteiger partial charge in [0.1, 0.15) is 0 Å². The highest BCUT2D eigenvalue weighted by Gasteiger charge is 2.09. The lowest BCUT2D eigenvalue weighted by molar-refractivity contribution is 0.287. The zero-order valence-corrected chi connectivity index (χ0v) is 10.3. The van der Waals surface area contributed by atoms with Crippen molar-refractivity contribution in [1.29, 1.82) is 0 Å². The van der Waals surface area contributed by atoms with Crippen molar-refractivity contribution in [2.75, 3.05) is 17.1 Å². The van der Waals surface area contributed by atoms with E-state index < -0.39 is 10.0 Å². The summed E-state index contributed by atoms with van der Waals surface area (Å²) in [5, 5.41) is 9.04. The molecule has 0 aromatic heterocycles. The maximum absolute atomic E-state index is 11.6. The molecule has 0 saturated heterocycles. The molecule has 0 radical (unpaired) electrons. The number of nitrogens with one attached hydrogen (secondary N) is 1. The number of anilines is 1. The zero-order chi connectivity index (χ0) is 12.0. The quantitative estimate of drug-likeness (QED) is 0.770. The fraction of sp³-hybridized carbons (Fsp3) is 0.400. The van der Waals surface area contributed by atoms with E-state index in [2.05, 4.69) is 4.72 Å². The highest BCUT2D eigenvalue weighted by molar-refractivity contribution is 7.92. The lowest BCUT2D eigenvalue weighted by Crippen LogP contribution is -2.16. The number of aliphatic hydroxyl groups excluding tert-OH is 1. The molecular formula is C10H14ClNO3S. The van der Waals surface area contributed by atoms with Gasteiger partial charge in [-0.1, -0.05) is 17.7 Å². The smallest absolute Gasteiger partial charge is 0.232 e. The summed E-state index contributed by atoms with van der Waals surface area (Å²) in [4.78, 5) is 0. The molecule has 16 heavy (non-hydrogen) atoms. The Kier molecular flexibility index (Phi) is 5.05. The van der Waals surface area contributed by atoms with Gasteiger partial charge >= 0.3 is 0 Å². The fourth-order valence-electron chi connectivity index (χ4n) is 1.19. The summed E-state index contributed by atoms with van der Waals surface area (Å²) in [7, 11) is -3.34. The van der Waals surface area contributed by atoms with Crippen molar-refractivity contribution in [3.63, 3.8) is 0 Å². The molecule has 0 bridgehead atoms. The monoisotopic (exact) mass is 263 g/mol. The summed E-state index contributed by atoms with van der Waals surface area (Å²) >= 11 is 5.73. The van der Waals surface area contributed by atoms with Gasteiger partial charge in [-0.05, 0) is 31.0 Å². The summed E-state index contributed by atoms with van der Waals surface area (Å²) < 4.78 is 25.5. The molecule has 6 heteroatoms. The molecule has 4 nitrogen and oxygen atoms in total. The standard InChI is InChI=1S/C10H14ClNO3S/c11-9-4-3-5-10(8-9)12-16(14,15)7-2-1-6-13/h3-5,8,12-13H,1-2,6-7H2. The van der Waals surface area contributed by atoms with Gasteiger partial charge in [-0.2, -0.15) is 0 Å². The van der Waals surface area contributed by atoms with Crippen LogP contribution < -0.4 is 4.72 Å². The second-order valence-corrected chi connectivity index (χ2v) is 5.64. The highest BCUT2D eigenvalue weighted by Crippen LogP contribution is 2.16. The van der Waals surface area contributed by atoms with Crippen LogP contribution in [0.1, 0.15) is 12.8 Å². The van der Waals surface area contributed by atoms with Crippen LogP contribution in [0.2, 0.25) is 5.02 Å². The van der Waals surface area contributed by atoms with E-state index in [0.717, 1.165) is 0 Å². The summed E-state index contributed by atoms with van der Waals surface area (Å²) in [6.45, 7) is 0.00663. The molecule has 1 rings (SSSR count). The largest absolute Gasteiger partial charge is 0.396 e. The molecule has 0 atom stereocenters. The van der Waals surface area contributed by atoms with Crippen molar-refractivity contribution in [1.82, 2.24) is 0 Å². The summed E-state index contributed by atoms with van der Waals surface area (Å²) in [6.07, 6.45) is 0.919. The van der Waals surface area contributed by atoms with E-state index in [1.165, 1.54) is 0 Å². The molecule has 0 unspecified atom stereocenters. The average molecular weight is 264 g/mol. The number of benzene rings is 1. The molecule has 1 aromatic rings. The molecule has 90 valence electrons. The van der Waals surface area contributed by atoms with Crippen LogP contribution >= 0.6 is 11.6 Å². The Morgan fingerprint density at radius 1 is 1.31 bits per heavy atom. The first kappa shape index (κ1) is 13.3. The molecule has 0 aliphatic heterocycles. The van der Waals surface area contributed by atoms with E-state index in [9.17, 15) is 8.42 Å². The predicted molar refractivity (Wildman–Crippen MR) is 65.2 cm³/mol. The lowest BCUT2D eigenvalue weighted by atomic mass is 10.3. The Hall–Kier alpha value is -0.780. The Morgan fingerprint density at radius 2 is 2.06 bits per heavy atom. The highest BCUT2D eigenvalue weighted by atomic mass is 35.5. The van der Waals surface area contributed by atoms with Crippen LogP contribution in [0.15, 0.2) is 24.3 Å². The minimum Gasteiger partial charge on any atom is -0.396 e. The molecule has 0 heterocycles. The fourth-order valence-corrected chi connectivity index (χ4v) is 2.55. The van der Waals surface area contributed by atoms with Gasteiger partial charge in [-0.15, -0.1) is 0 Å². The number of sulfonamides is 1. The van der Waals surface area contributed by atoms with Gasteiger partial charge in [0, 0.05) is 17.3 Å². The van der Waals surface area contributed by atoms with Crippen molar-refractivity contribution < 1.29 is 13.5 Å². The van der Waals surface area contributed by atoms with Crippen LogP contribution in [0.3, 0.4) is 0 Å². The first-order valence-electron chi connectivity index (χ1n) is 4.90. The number of rotatable bonds is 6. The molecule has 2 N–H and O–H groups in total. The molecular weight excluding hydrogens is 250 g/mol. The third-order valence-electron chi connectivity index (χ3n) is 1.92. The number of aliphatic hydroxyl groups is 1. The second-order valence-electron chi connectivity index (χ2n) is 3.36. The Balaban J connectivity index is 2.59. The molecule has 0 aliphatic rings. The first-order valence-corrected chi connectivity index (χ1v) is 6.93. The Labute approximate surface area is 100 Å². The van der Waals surface area contributed by atoms with Crippen molar-refractivity contribution in [2.24, 2.45) is 0 Å². The molecule has 1 aromatic carbocycles. The number of hydrogen-bond acceptors (Lipinski definition) is 3. The Bertz CT molecular complexity index is 433.